The number of aromatic hydroxyl groups is 2. The lowest BCUT2D eigenvalue weighted by Gasteiger charge is -2.31. The molecule has 1 fully saturated rings. The first-order chi connectivity index (χ1) is 17.4. The van der Waals surface area contributed by atoms with Crippen LogP contribution in [0.2, 0.25) is 5.02 Å². The minimum absolute atomic E-state index is 0.0330. The molecule has 6 heteroatoms. The van der Waals surface area contributed by atoms with Crippen molar-refractivity contribution >= 4 is 22.7 Å². The van der Waals surface area contributed by atoms with Gasteiger partial charge in [-0.15, -0.1) is 0 Å². The molecule has 3 aromatic rings. The zero-order valence-electron chi connectivity index (χ0n) is 20.7. The van der Waals surface area contributed by atoms with Crippen molar-refractivity contribution in [2.75, 3.05) is 26.2 Å². The van der Waals surface area contributed by atoms with E-state index in [1.54, 1.807) is 30.3 Å². The van der Waals surface area contributed by atoms with Crippen LogP contribution in [0.15, 0.2) is 60.7 Å². The number of nitrogens with zero attached hydrogens (tertiary/aromatic N) is 1. The highest BCUT2D eigenvalue weighted by atomic mass is 35.5. The standard InChI is InChI=1S/C30H32ClNO4/c1-3-20-12-13-32(18-20)14-15-35-24-8-4-21(5-9-24)30-29(22-6-10-27(34)26(31)16-22)19(2)25-17-23(33)7-11-28(25)36-30/h4-11,16-17,20,30,33-34H,3,12-15,18H2,1-2H3/t20-,30?/m1/s1. The number of ether oxygens (including phenoxy) is 2. The summed E-state index contributed by atoms with van der Waals surface area (Å²) in [7, 11) is 0. The molecule has 2 heterocycles. The van der Waals surface area contributed by atoms with Gasteiger partial charge in [-0.2, -0.15) is 0 Å². The third-order valence-corrected chi connectivity index (χ3v) is 7.65. The Labute approximate surface area is 217 Å². The maximum Gasteiger partial charge on any atom is 0.150 e. The van der Waals surface area contributed by atoms with Crippen LogP contribution in [0.1, 0.15) is 49.5 Å². The zero-order valence-corrected chi connectivity index (χ0v) is 21.5. The summed E-state index contributed by atoms with van der Waals surface area (Å²) in [6, 6.07) is 18.3. The largest absolute Gasteiger partial charge is 0.508 e. The highest BCUT2D eigenvalue weighted by Gasteiger charge is 2.30. The summed E-state index contributed by atoms with van der Waals surface area (Å²) in [5, 5.41) is 20.3. The first-order valence-corrected chi connectivity index (χ1v) is 13.0. The number of halogens is 1. The molecule has 0 saturated carbocycles. The molecule has 2 aliphatic heterocycles. The minimum atomic E-state index is -0.382. The monoisotopic (exact) mass is 505 g/mol. The van der Waals surface area contributed by atoms with Crippen molar-refractivity contribution in [2.45, 2.75) is 32.8 Å². The van der Waals surface area contributed by atoms with Gasteiger partial charge in [0.05, 0.1) is 5.02 Å². The summed E-state index contributed by atoms with van der Waals surface area (Å²) in [6.45, 7) is 8.23. The van der Waals surface area contributed by atoms with Crippen LogP contribution in [-0.2, 0) is 0 Å². The molecule has 1 unspecified atom stereocenters. The van der Waals surface area contributed by atoms with Crippen LogP contribution in [0, 0.1) is 5.92 Å². The lowest BCUT2D eigenvalue weighted by molar-refractivity contribution is 0.232. The number of allylic oxidation sites excluding steroid dienone is 1. The fourth-order valence-electron chi connectivity index (χ4n) is 5.20. The Morgan fingerprint density at radius 1 is 1.06 bits per heavy atom. The topological polar surface area (TPSA) is 62.2 Å². The van der Waals surface area contributed by atoms with Crippen molar-refractivity contribution in [1.82, 2.24) is 4.90 Å². The third-order valence-electron chi connectivity index (χ3n) is 7.34. The van der Waals surface area contributed by atoms with Gasteiger partial charge in [0.25, 0.3) is 0 Å². The van der Waals surface area contributed by atoms with Crippen molar-refractivity contribution in [1.29, 1.82) is 0 Å². The molecule has 5 rings (SSSR count). The van der Waals surface area contributed by atoms with Crippen molar-refractivity contribution < 1.29 is 19.7 Å². The van der Waals surface area contributed by atoms with E-state index in [0.29, 0.717) is 12.4 Å². The smallest absolute Gasteiger partial charge is 0.150 e. The number of rotatable bonds is 7. The van der Waals surface area contributed by atoms with E-state index in [4.69, 9.17) is 21.1 Å². The molecule has 0 aliphatic carbocycles. The third kappa shape index (κ3) is 5.04. The number of hydrogen-bond donors (Lipinski definition) is 2. The van der Waals surface area contributed by atoms with E-state index < -0.39 is 0 Å². The molecule has 0 aromatic heterocycles. The molecule has 5 nitrogen and oxygen atoms in total. The predicted octanol–water partition coefficient (Wildman–Crippen LogP) is 6.93. The second-order valence-corrected chi connectivity index (χ2v) is 10.1. The number of benzene rings is 3. The molecule has 188 valence electrons. The Morgan fingerprint density at radius 3 is 2.58 bits per heavy atom. The van der Waals surface area contributed by atoms with Crippen LogP contribution >= 0.6 is 11.6 Å². The number of likely N-dealkylation sites (tertiary alicyclic amines) is 1. The summed E-state index contributed by atoms with van der Waals surface area (Å²) >= 11 is 6.26. The van der Waals surface area contributed by atoms with Crippen molar-refractivity contribution in [3.8, 4) is 23.0 Å². The molecule has 36 heavy (non-hydrogen) atoms. The van der Waals surface area contributed by atoms with Crippen LogP contribution in [0.4, 0.5) is 0 Å². The van der Waals surface area contributed by atoms with E-state index in [1.165, 1.54) is 19.4 Å². The van der Waals surface area contributed by atoms with E-state index in [2.05, 4.69) is 11.8 Å². The van der Waals surface area contributed by atoms with Gasteiger partial charge in [-0.25, -0.2) is 0 Å². The van der Waals surface area contributed by atoms with Gasteiger partial charge in [-0.1, -0.05) is 43.1 Å². The summed E-state index contributed by atoms with van der Waals surface area (Å²) in [5.41, 5.74) is 4.58. The zero-order chi connectivity index (χ0) is 25.2. The number of phenols is 2. The van der Waals surface area contributed by atoms with E-state index in [0.717, 1.165) is 52.6 Å². The Hall–Kier alpha value is -3.15. The van der Waals surface area contributed by atoms with Gasteiger partial charge in [0.15, 0.2) is 0 Å². The Bertz CT molecular complexity index is 1270. The molecule has 2 aliphatic rings. The molecule has 1 saturated heterocycles. The highest BCUT2D eigenvalue weighted by molar-refractivity contribution is 6.32. The van der Waals surface area contributed by atoms with Crippen LogP contribution in [0.25, 0.3) is 11.1 Å². The van der Waals surface area contributed by atoms with Gasteiger partial charge >= 0.3 is 0 Å². The van der Waals surface area contributed by atoms with Gasteiger partial charge in [-0.3, -0.25) is 4.90 Å². The van der Waals surface area contributed by atoms with Gasteiger partial charge in [-0.05, 0) is 85.0 Å². The summed E-state index contributed by atoms with van der Waals surface area (Å²) < 4.78 is 12.5. The van der Waals surface area contributed by atoms with Crippen molar-refractivity contribution in [3.05, 3.63) is 82.4 Å². The van der Waals surface area contributed by atoms with E-state index >= 15 is 0 Å². The second kappa shape index (κ2) is 10.5. The fraction of sp³-hybridized carbons (Fsp3) is 0.333. The van der Waals surface area contributed by atoms with Crippen molar-refractivity contribution in [2.24, 2.45) is 5.92 Å². The average Bonchev–Trinajstić information content (AvgIpc) is 3.35. The molecule has 0 amide bonds. The Balaban J connectivity index is 1.38. The molecule has 2 atom stereocenters. The van der Waals surface area contributed by atoms with Crippen LogP contribution in [0.3, 0.4) is 0 Å². The first-order valence-electron chi connectivity index (χ1n) is 12.6. The van der Waals surface area contributed by atoms with Crippen LogP contribution in [0.5, 0.6) is 23.0 Å². The second-order valence-electron chi connectivity index (χ2n) is 9.66. The average molecular weight is 506 g/mol. The van der Waals surface area contributed by atoms with Gasteiger partial charge < -0.3 is 19.7 Å². The predicted molar refractivity (Wildman–Crippen MR) is 144 cm³/mol. The Morgan fingerprint density at radius 2 is 1.86 bits per heavy atom. The maximum atomic E-state index is 10.1. The van der Waals surface area contributed by atoms with Gasteiger partial charge in [0.2, 0.25) is 0 Å². The minimum Gasteiger partial charge on any atom is -0.508 e. The molecule has 0 radical (unpaired) electrons. The lowest BCUT2D eigenvalue weighted by atomic mass is 9.86. The summed E-state index contributed by atoms with van der Waals surface area (Å²) in [6.07, 6.45) is 2.16. The molecular formula is C30H32ClNO4. The van der Waals surface area contributed by atoms with Gasteiger partial charge in [0, 0.05) is 24.2 Å². The Kier molecular flexibility index (Phi) is 7.13. The first kappa shape index (κ1) is 24.5. The van der Waals surface area contributed by atoms with E-state index in [9.17, 15) is 10.2 Å². The van der Waals surface area contributed by atoms with Crippen LogP contribution < -0.4 is 9.47 Å². The summed E-state index contributed by atoms with van der Waals surface area (Å²) in [4.78, 5) is 2.48. The molecule has 2 N–H and O–H groups in total. The lowest BCUT2D eigenvalue weighted by Crippen LogP contribution is -2.26. The highest BCUT2D eigenvalue weighted by Crippen LogP contribution is 2.48. The number of hydrogen-bond acceptors (Lipinski definition) is 5. The van der Waals surface area contributed by atoms with Gasteiger partial charge in [0.1, 0.15) is 35.7 Å². The van der Waals surface area contributed by atoms with E-state index in [1.807, 2.05) is 37.3 Å². The SMILES string of the molecule is CC[C@@H]1CCN(CCOc2ccc(C3Oc4ccc(O)cc4C(C)=C3c3ccc(O)c(Cl)c3)cc2)C1. The maximum absolute atomic E-state index is 10.1. The molecule has 0 bridgehead atoms. The fourth-order valence-corrected chi connectivity index (χ4v) is 5.38. The normalized spacial score (nSPS) is 19.8. The molecule has 0 spiro atoms. The molecule has 3 aromatic carbocycles. The van der Waals surface area contributed by atoms with Crippen molar-refractivity contribution in [3.63, 3.8) is 0 Å². The molecular weight excluding hydrogens is 474 g/mol. The number of phenolic OH excluding ortho intramolecular Hbond substituents is 2. The van der Waals surface area contributed by atoms with Crippen LogP contribution in [-0.4, -0.2) is 41.4 Å². The quantitative estimate of drug-likeness (QED) is 0.364. The summed E-state index contributed by atoms with van der Waals surface area (Å²) in [5.74, 6) is 2.58. The van der Waals surface area contributed by atoms with E-state index in [-0.39, 0.29) is 22.6 Å². The number of fused-ring (bicyclic) bond motifs is 1.